The fourth-order valence-corrected chi connectivity index (χ4v) is 3.77. The number of allylic oxidation sites excluding steroid dienone is 2. The van der Waals surface area contributed by atoms with Crippen molar-refractivity contribution in [3.8, 4) is 0 Å². The molecule has 3 aliphatic carbocycles. The van der Waals surface area contributed by atoms with Gasteiger partial charge in [0.05, 0.1) is 0 Å². The molecule has 0 aliphatic heterocycles. The van der Waals surface area contributed by atoms with Gasteiger partial charge in [-0.1, -0.05) is 18.1 Å². The highest BCUT2D eigenvalue weighted by Crippen LogP contribution is 2.59. The highest BCUT2D eigenvalue weighted by molar-refractivity contribution is 5.83. The lowest BCUT2D eigenvalue weighted by atomic mass is 9.68. The maximum absolute atomic E-state index is 11.5. The molecule has 0 aromatic rings. The third-order valence-corrected chi connectivity index (χ3v) is 4.38. The van der Waals surface area contributed by atoms with Gasteiger partial charge in [-0.05, 0) is 31.6 Å². The highest BCUT2D eigenvalue weighted by atomic mass is 16.1. The highest BCUT2D eigenvalue weighted by Gasteiger charge is 2.51. The van der Waals surface area contributed by atoms with Crippen LogP contribution in [0.4, 0.5) is 0 Å². The molecule has 1 nitrogen and oxygen atoms in total. The summed E-state index contributed by atoms with van der Waals surface area (Å²) < 4.78 is 0. The molecule has 70 valence electrons. The van der Waals surface area contributed by atoms with E-state index >= 15 is 0 Å². The van der Waals surface area contributed by atoms with Crippen LogP contribution in [0, 0.1) is 11.3 Å². The van der Waals surface area contributed by atoms with Gasteiger partial charge in [-0.2, -0.15) is 0 Å². The van der Waals surface area contributed by atoms with Crippen LogP contribution in [0.15, 0.2) is 11.6 Å². The molecular weight excluding hydrogens is 160 g/mol. The first kappa shape index (κ1) is 7.78. The minimum atomic E-state index is 0.384. The molecule has 2 atom stereocenters. The van der Waals surface area contributed by atoms with Gasteiger partial charge in [0.15, 0.2) is 0 Å². The summed E-state index contributed by atoms with van der Waals surface area (Å²) in [6.07, 6.45) is 10.7. The molecule has 0 heterocycles. The van der Waals surface area contributed by atoms with Crippen LogP contribution >= 0.6 is 0 Å². The molecule has 1 spiro atoms. The van der Waals surface area contributed by atoms with E-state index in [1.165, 1.54) is 32.1 Å². The molecule has 3 aliphatic rings. The quantitative estimate of drug-likeness (QED) is 0.519. The molecule has 2 unspecified atom stereocenters. The van der Waals surface area contributed by atoms with E-state index in [1.807, 2.05) is 0 Å². The monoisotopic (exact) mass is 176 g/mol. The Morgan fingerprint density at radius 2 is 2.31 bits per heavy atom. The summed E-state index contributed by atoms with van der Waals surface area (Å²) in [5.41, 5.74) is 2.03. The second-order valence-corrected chi connectivity index (χ2v) is 4.94. The molecule has 0 bridgehead atoms. The molecule has 0 aromatic carbocycles. The van der Waals surface area contributed by atoms with Gasteiger partial charge in [-0.3, -0.25) is 4.79 Å². The first-order valence-electron chi connectivity index (χ1n) is 5.52. The maximum atomic E-state index is 11.5. The SMILES string of the molecule is O=C1CC2CC=C3CCCCC32C1. The summed E-state index contributed by atoms with van der Waals surface area (Å²) >= 11 is 0. The molecule has 0 amide bonds. The number of carbonyl (C=O) groups excluding carboxylic acids is 1. The minimum absolute atomic E-state index is 0.384. The third kappa shape index (κ3) is 0.905. The summed E-state index contributed by atoms with van der Waals surface area (Å²) in [6.45, 7) is 0. The van der Waals surface area contributed by atoms with Crippen LogP contribution in [0.2, 0.25) is 0 Å². The molecule has 1 heteroatoms. The molecule has 2 saturated carbocycles. The van der Waals surface area contributed by atoms with Gasteiger partial charge < -0.3 is 0 Å². The topological polar surface area (TPSA) is 17.1 Å². The average Bonchev–Trinajstić information content (AvgIpc) is 2.57. The van der Waals surface area contributed by atoms with Crippen LogP contribution in [0.5, 0.6) is 0 Å². The zero-order valence-electron chi connectivity index (χ0n) is 8.01. The van der Waals surface area contributed by atoms with Crippen LogP contribution in [0.3, 0.4) is 0 Å². The largest absolute Gasteiger partial charge is 0.300 e. The fraction of sp³-hybridized carbons (Fsp3) is 0.750. The van der Waals surface area contributed by atoms with Crippen LogP contribution in [-0.4, -0.2) is 5.78 Å². The van der Waals surface area contributed by atoms with Crippen molar-refractivity contribution < 1.29 is 4.79 Å². The smallest absolute Gasteiger partial charge is 0.134 e. The predicted octanol–water partition coefficient (Wildman–Crippen LogP) is 2.86. The van der Waals surface area contributed by atoms with Crippen LogP contribution in [0.25, 0.3) is 0 Å². The van der Waals surface area contributed by atoms with Gasteiger partial charge in [-0.25, -0.2) is 0 Å². The number of carbonyl (C=O) groups is 1. The summed E-state index contributed by atoms with van der Waals surface area (Å²) in [7, 11) is 0. The van der Waals surface area contributed by atoms with Crippen molar-refractivity contribution in [2.45, 2.75) is 44.9 Å². The van der Waals surface area contributed by atoms with E-state index in [2.05, 4.69) is 6.08 Å². The van der Waals surface area contributed by atoms with Crippen molar-refractivity contribution in [3.63, 3.8) is 0 Å². The number of Topliss-reactive ketones (excluding diaryl/α,β-unsaturated/α-hetero) is 1. The molecule has 2 fully saturated rings. The van der Waals surface area contributed by atoms with Gasteiger partial charge in [-0.15, -0.1) is 0 Å². The zero-order chi connectivity index (χ0) is 8.89. The Morgan fingerprint density at radius 3 is 3.23 bits per heavy atom. The standard InChI is InChI=1S/C12H16O/c13-11-7-10-5-4-9-3-1-2-6-12(9,10)8-11/h4,10H,1-3,5-8H2. The van der Waals surface area contributed by atoms with Crippen molar-refractivity contribution in [3.05, 3.63) is 11.6 Å². The lowest BCUT2D eigenvalue weighted by molar-refractivity contribution is -0.118. The van der Waals surface area contributed by atoms with E-state index in [0.29, 0.717) is 17.1 Å². The normalized spacial score (nSPS) is 42.9. The van der Waals surface area contributed by atoms with Crippen molar-refractivity contribution in [1.82, 2.24) is 0 Å². The third-order valence-electron chi connectivity index (χ3n) is 4.38. The zero-order valence-corrected chi connectivity index (χ0v) is 8.01. The Bertz CT molecular complexity index is 289. The van der Waals surface area contributed by atoms with Gasteiger partial charge in [0.2, 0.25) is 0 Å². The van der Waals surface area contributed by atoms with Crippen LogP contribution < -0.4 is 0 Å². The van der Waals surface area contributed by atoms with E-state index in [-0.39, 0.29) is 0 Å². The minimum Gasteiger partial charge on any atom is -0.300 e. The summed E-state index contributed by atoms with van der Waals surface area (Å²) in [5.74, 6) is 1.23. The summed E-state index contributed by atoms with van der Waals surface area (Å²) in [4.78, 5) is 11.5. The Balaban J connectivity index is 2.00. The van der Waals surface area contributed by atoms with Crippen molar-refractivity contribution >= 4 is 5.78 Å². The second-order valence-electron chi connectivity index (χ2n) is 4.94. The Hall–Kier alpha value is -0.590. The number of rotatable bonds is 0. The van der Waals surface area contributed by atoms with Crippen molar-refractivity contribution in [2.24, 2.45) is 11.3 Å². The van der Waals surface area contributed by atoms with Gasteiger partial charge >= 0.3 is 0 Å². The van der Waals surface area contributed by atoms with Gasteiger partial charge in [0.25, 0.3) is 0 Å². The number of ketones is 1. The molecule has 13 heavy (non-hydrogen) atoms. The van der Waals surface area contributed by atoms with E-state index in [1.54, 1.807) is 5.57 Å². The number of hydrogen-bond acceptors (Lipinski definition) is 1. The first-order chi connectivity index (χ1) is 6.31. The molecule has 0 saturated heterocycles. The molecule has 0 aromatic heterocycles. The summed E-state index contributed by atoms with van der Waals surface area (Å²) in [5, 5.41) is 0. The van der Waals surface area contributed by atoms with E-state index in [4.69, 9.17) is 0 Å². The fourth-order valence-electron chi connectivity index (χ4n) is 3.77. The molecule has 3 rings (SSSR count). The van der Waals surface area contributed by atoms with Gasteiger partial charge in [0.1, 0.15) is 5.78 Å². The van der Waals surface area contributed by atoms with E-state index in [0.717, 1.165) is 12.8 Å². The molecule has 0 radical (unpaired) electrons. The summed E-state index contributed by atoms with van der Waals surface area (Å²) in [6, 6.07) is 0. The van der Waals surface area contributed by atoms with Crippen molar-refractivity contribution in [2.75, 3.05) is 0 Å². The Labute approximate surface area is 79.2 Å². The van der Waals surface area contributed by atoms with Crippen molar-refractivity contribution in [1.29, 1.82) is 0 Å². The molecular formula is C12H16O. The van der Waals surface area contributed by atoms with E-state index in [9.17, 15) is 4.79 Å². The van der Waals surface area contributed by atoms with Crippen LogP contribution in [-0.2, 0) is 4.79 Å². The Kier molecular flexibility index (Phi) is 1.47. The predicted molar refractivity (Wildman–Crippen MR) is 51.3 cm³/mol. The maximum Gasteiger partial charge on any atom is 0.134 e. The molecule has 0 N–H and O–H groups in total. The van der Waals surface area contributed by atoms with Crippen LogP contribution in [0.1, 0.15) is 44.9 Å². The van der Waals surface area contributed by atoms with E-state index < -0.39 is 0 Å². The first-order valence-corrected chi connectivity index (χ1v) is 5.52. The second kappa shape index (κ2) is 2.46. The van der Waals surface area contributed by atoms with Gasteiger partial charge in [0, 0.05) is 18.3 Å². The Morgan fingerprint density at radius 1 is 1.38 bits per heavy atom. The lowest BCUT2D eigenvalue weighted by Crippen LogP contribution is -2.26. The number of hydrogen-bond donors (Lipinski definition) is 0. The average molecular weight is 176 g/mol. The lowest BCUT2D eigenvalue weighted by Gasteiger charge is -2.36.